The highest BCUT2D eigenvalue weighted by Gasteiger charge is 2.30. The molecule has 0 saturated carbocycles. The highest BCUT2D eigenvalue weighted by molar-refractivity contribution is 5.88. The number of carbonyl (C=O) groups excluding carboxylic acids is 2. The van der Waals surface area contributed by atoms with Crippen molar-refractivity contribution in [3.05, 3.63) is 107 Å². The summed E-state index contributed by atoms with van der Waals surface area (Å²) in [6.45, 7) is 5.08. The van der Waals surface area contributed by atoms with E-state index in [1.54, 1.807) is 4.90 Å². The first-order valence-electron chi connectivity index (χ1n) is 11.8. The molecule has 0 saturated heterocycles. The molecule has 0 fully saturated rings. The minimum atomic E-state index is -0.566. The van der Waals surface area contributed by atoms with Crippen LogP contribution in [-0.2, 0) is 29.0 Å². The van der Waals surface area contributed by atoms with Gasteiger partial charge in [-0.2, -0.15) is 0 Å². The van der Waals surface area contributed by atoms with Gasteiger partial charge in [-0.3, -0.25) is 9.59 Å². The molecule has 0 aliphatic rings. The molecule has 0 radical (unpaired) electrons. The highest BCUT2D eigenvalue weighted by Crippen LogP contribution is 2.17. The number of amides is 2. The lowest BCUT2D eigenvalue weighted by atomic mass is 10.0. The first kappa shape index (κ1) is 24.2. The summed E-state index contributed by atoms with van der Waals surface area (Å²) >= 11 is 0. The van der Waals surface area contributed by atoms with Gasteiger partial charge >= 0.3 is 0 Å². The Morgan fingerprint density at radius 1 is 0.818 bits per heavy atom. The lowest BCUT2D eigenvalue weighted by molar-refractivity contribution is -0.141. The van der Waals surface area contributed by atoms with Crippen molar-refractivity contribution in [2.45, 2.75) is 52.1 Å². The van der Waals surface area contributed by atoms with Crippen molar-refractivity contribution in [1.29, 1.82) is 0 Å². The molecule has 0 aromatic heterocycles. The quantitative estimate of drug-likeness (QED) is 0.449. The van der Waals surface area contributed by atoms with E-state index in [0.29, 0.717) is 32.4 Å². The Labute approximate surface area is 197 Å². The summed E-state index contributed by atoms with van der Waals surface area (Å²) < 4.78 is 0. The molecule has 4 heteroatoms. The van der Waals surface area contributed by atoms with Gasteiger partial charge in [0.25, 0.3) is 0 Å². The molecule has 3 aromatic carbocycles. The van der Waals surface area contributed by atoms with Crippen LogP contribution in [0, 0.1) is 6.92 Å². The molecule has 0 aliphatic carbocycles. The van der Waals surface area contributed by atoms with E-state index in [-0.39, 0.29) is 11.8 Å². The molecule has 1 unspecified atom stereocenters. The average Bonchev–Trinajstić information content (AvgIpc) is 2.85. The van der Waals surface area contributed by atoms with Gasteiger partial charge in [0.05, 0.1) is 0 Å². The third-order valence-corrected chi connectivity index (χ3v) is 5.76. The van der Waals surface area contributed by atoms with Gasteiger partial charge in [-0.05, 0) is 36.5 Å². The Hall–Kier alpha value is -3.40. The van der Waals surface area contributed by atoms with Gasteiger partial charge in [0.1, 0.15) is 6.04 Å². The molecule has 33 heavy (non-hydrogen) atoms. The van der Waals surface area contributed by atoms with Gasteiger partial charge in [-0.25, -0.2) is 0 Å². The molecule has 0 spiro atoms. The summed E-state index contributed by atoms with van der Waals surface area (Å²) in [6, 6.07) is 27.5. The van der Waals surface area contributed by atoms with Crippen molar-refractivity contribution in [3.63, 3.8) is 0 Å². The van der Waals surface area contributed by atoms with Gasteiger partial charge in [-0.15, -0.1) is 0 Å². The summed E-state index contributed by atoms with van der Waals surface area (Å²) in [5.74, 6) is -0.104. The Morgan fingerprint density at radius 2 is 1.42 bits per heavy atom. The van der Waals surface area contributed by atoms with E-state index < -0.39 is 6.04 Å². The van der Waals surface area contributed by atoms with Crippen molar-refractivity contribution in [2.24, 2.45) is 0 Å². The SMILES string of the molecule is CCCNC(=O)C(Cc1ccccc1)N(Cc1ccc(C)cc1)C(=O)CCc1ccccc1. The molecular formula is C29H34N2O2. The van der Waals surface area contributed by atoms with Crippen LogP contribution in [0.3, 0.4) is 0 Å². The van der Waals surface area contributed by atoms with Gasteiger partial charge in [0.15, 0.2) is 0 Å². The maximum Gasteiger partial charge on any atom is 0.243 e. The number of rotatable bonds is 11. The number of carbonyl (C=O) groups is 2. The molecule has 4 nitrogen and oxygen atoms in total. The zero-order valence-corrected chi connectivity index (χ0v) is 19.7. The van der Waals surface area contributed by atoms with Crippen LogP contribution in [0.1, 0.15) is 42.0 Å². The number of hydrogen-bond acceptors (Lipinski definition) is 2. The molecule has 0 aliphatic heterocycles. The Bertz CT molecular complexity index is 1000. The van der Waals surface area contributed by atoms with Crippen molar-refractivity contribution >= 4 is 11.8 Å². The molecule has 172 valence electrons. The van der Waals surface area contributed by atoms with E-state index in [9.17, 15) is 9.59 Å². The predicted octanol–water partition coefficient (Wildman–Crippen LogP) is 5.09. The van der Waals surface area contributed by atoms with Crippen molar-refractivity contribution in [3.8, 4) is 0 Å². The summed E-state index contributed by atoms with van der Waals surface area (Å²) in [4.78, 5) is 28.6. The Balaban J connectivity index is 1.87. The van der Waals surface area contributed by atoms with E-state index in [0.717, 1.165) is 23.1 Å². The summed E-state index contributed by atoms with van der Waals surface area (Å²) in [7, 11) is 0. The van der Waals surface area contributed by atoms with Gasteiger partial charge < -0.3 is 10.2 Å². The van der Waals surface area contributed by atoms with Gasteiger partial charge in [0.2, 0.25) is 11.8 Å². The Morgan fingerprint density at radius 3 is 2.03 bits per heavy atom. The monoisotopic (exact) mass is 442 g/mol. The molecule has 1 atom stereocenters. The molecule has 1 N–H and O–H groups in total. The Kier molecular flexibility index (Phi) is 9.25. The van der Waals surface area contributed by atoms with E-state index in [1.807, 2.05) is 98.8 Å². The van der Waals surface area contributed by atoms with Crippen molar-refractivity contribution < 1.29 is 9.59 Å². The smallest absolute Gasteiger partial charge is 0.243 e. The maximum absolute atomic E-state index is 13.5. The van der Waals surface area contributed by atoms with E-state index >= 15 is 0 Å². The van der Waals surface area contributed by atoms with Gasteiger partial charge in [0, 0.05) is 25.9 Å². The fraction of sp³-hybridized carbons (Fsp3) is 0.310. The topological polar surface area (TPSA) is 49.4 Å². The highest BCUT2D eigenvalue weighted by atomic mass is 16.2. The second kappa shape index (κ2) is 12.6. The predicted molar refractivity (Wildman–Crippen MR) is 134 cm³/mol. The second-order valence-electron chi connectivity index (χ2n) is 8.49. The number of hydrogen-bond donors (Lipinski definition) is 1. The summed E-state index contributed by atoms with van der Waals surface area (Å²) in [5.41, 5.74) is 4.35. The zero-order valence-electron chi connectivity index (χ0n) is 19.7. The van der Waals surface area contributed by atoms with Crippen LogP contribution >= 0.6 is 0 Å². The van der Waals surface area contributed by atoms with E-state index in [4.69, 9.17) is 0 Å². The third-order valence-electron chi connectivity index (χ3n) is 5.76. The van der Waals surface area contributed by atoms with Crippen LogP contribution in [0.25, 0.3) is 0 Å². The second-order valence-corrected chi connectivity index (χ2v) is 8.49. The molecular weight excluding hydrogens is 408 g/mol. The number of benzene rings is 3. The molecule has 3 rings (SSSR count). The molecule has 2 amide bonds. The maximum atomic E-state index is 13.5. The van der Waals surface area contributed by atoms with E-state index in [2.05, 4.69) is 5.32 Å². The minimum absolute atomic E-state index is 0.00740. The van der Waals surface area contributed by atoms with Crippen LogP contribution < -0.4 is 5.32 Å². The fourth-order valence-electron chi connectivity index (χ4n) is 3.85. The van der Waals surface area contributed by atoms with Crippen LogP contribution in [0.15, 0.2) is 84.9 Å². The number of nitrogens with zero attached hydrogens (tertiary/aromatic N) is 1. The van der Waals surface area contributed by atoms with E-state index in [1.165, 1.54) is 5.56 Å². The first-order valence-corrected chi connectivity index (χ1v) is 11.8. The van der Waals surface area contributed by atoms with Crippen LogP contribution in [0.4, 0.5) is 0 Å². The van der Waals surface area contributed by atoms with Crippen molar-refractivity contribution in [2.75, 3.05) is 6.54 Å². The minimum Gasteiger partial charge on any atom is -0.354 e. The third kappa shape index (κ3) is 7.60. The van der Waals surface area contributed by atoms with Gasteiger partial charge in [-0.1, -0.05) is 97.4 Å². The number of nitrogens with one attached hydrogen (secondary N) is 1. The molecule has 0 heterocycles. The summed E-state index contributed by atoms with van der Waals surface area (Å²) in [6.07, 6.45) is 2.35. The average molecular weight is 443 g/mol. The fourth-order valence-corrected chi connectivity index (χ4v) is 3.85. The molecule has 0 bridgehead atoms. The van der Waals surface area contributed by atoms with Crippen LogP contribution in [0.5, 0.6) is 0 Å². The largest absolute Gasteiger partial charge is 0.354 e. The molecule has 3 aromatic rings. The van der Waals surface area contributed by atoms with Crippen molar-refractivity contribution in [1.82, 2.24) is 10.2 Å². The lowest BCUT2D eigenvalue weighted by Crippen LogP contribution is -2.50. The first-order chi connectivity index (χ1) is 16.1. The normalized spacial score (nSPS) is 11.6. The standard InChI is InChI=1S/C29H34N2O2/c1-3-20-30-29(33)27(21-25-12-8-5-9-13-25)31(22-26-16-14-23(2)15-17-26)28(32)19-18-24-10-6-4-7-11-24/h4-17,27H,3,18-22H2,1-2H3,(H,30,33). The van der Waals surface area contributed by atoms with Crippen LogP contribution in [0.2, 0.25) is 0 Å². The van der Waals surface area contributed by atoms with Crippen LogP contribution in [-0.4, -0.2) is 29.3 Å². The number of aryl methyl sites for hydroxylation is 2. The summed E-state index contributed by atoms with van der Waals surface area (Å²) in [5, 5.41) is 3.02. The zero-order chi connectivity index (χ0) is 23.5. The lowest BCUT2D eigenvalue weighted by Gasteiger charge is -2.31.